The Morgan fingerprint density at radius 2 is 2.05 bits per heavy atom. The van der Waals surface area contributed by atoms with Gasteiger partial charge >= 0.3 is 12.1 Å². The summed E-state index contributed by atoms with van der Waals surface area (Å²) in [5.74, 6) is -1.30. The molecule has 1 unspecified atom stereocenters. The van der Waals surface area contributed by atoms with E-state index in [1.54, 1.807) is 0 Å². The average Bonchev–Trinajstić information content (AvgIpc) is 2.36. The predicted octanol–water partition coefficient (Wildman–Crippen LogP) is 3.26. The zero-order chi connectivity index (χ0) is 15.5. The molecule has 0 aliphatic rings. The third kappa shape index (κ3) is 3.83. The number of alkyl halides is 4. The Bertz CT molecular complexity index is 493. The number of rotatable bonds is 4. The standard InChI is InChI=1S/C12H12ClF4NO2/c1-2-20-11(19)9(14)10(18)7-4-3-6(13)5-8(7)12(15,16)17/h3-5,9-10H,2,18H2,1H3/t9?,10-/m1/s1. The molecular weight excluding hydrogens is 302 g/mol. The number of halogens is 5. The molecule has 0 aliphatic carbocycles. The summed E-state index contributed by atoms with van der Waals surface area (Å²) in [6, 6.07) is 0.933. The molecule has 0 bridgehead atoms. The van der Waals surface area contributed by atoms with Crippen molar-refractivity contribution in [3.8, 4) is 0 Å². The van der Waals surface area contributed by atoms with E-state index in [0.717, 1.165) is 12.1 Å². The normalized spacial score (nSPS) is 14.8. The highest BCUT2D eigenvalue weighted by Gasteiger charge is 2.38. The molecule has 0 fully saturated rings. The lowest BCUT2D eigenvalue weighted by Crippen LogP contribution is -2.33. The minimum absolute atomic E-state index is 0.0985. The van der Waals surface area contributed by atoms with Gasteiger partial charge in [0.2, 0.25) is 6.17 Å². The Kier molecular flexibility index (Phi) is 5.35. The number of ether oxygens (including phenoxy) is 1. The third-order valence-corrected chi connectivity index (χ3v) is 2.74. The van der Waals surface area contributed by atoms with Crippen molar-refractivity contribution in [1.82, 2.24) is 0 Å². The summed E-state index contributed by atoms with van der Waals surface area (Å²) in [4.78, 5) is 11.2. The lowest BCUT2D eigenvalue weighted by atomic mass is 9.97. The van der Waals surface area contributed by atoms with Crippen LogP contribution in [0.25, 0.3) is 0 Å². The van der Waals surface area contributed by atoms with E-state index in [1.807, 2.05) is 0 Å². The maximum Gasteiger partial charge on any atom is 0.416 e. The molecule has 0 aliphatic heterocycles. The van der Waals surface area contributed by atoms with Crippen LogP contribution in [0.2, 0.25) is 5.02 Å². The van der Waals surface area contributed by atoms with Gasteiger partial charge < -0.3 is 10.5 Å². The van der Waals surface area contributed by atoms with E-state index >= 15 is 0 Å². The van der Waals surface area contributed by atoms with Crippen LogP contribution in [0.3, 0.4) is 0 Å². The van der Waals surface area contributed by atoms with Crippen molar-refractivity contribution in [2.24, 2.45) is 5.73 Å². The maximum absolute atomic E-state index is 13.7. The Morgan fingerprint density at radius 3 is 2.55 bits per heavy atom. The lowest BCUT2D eigenvalue weighted by Gasteiger charge is -2.20. The van der Waals surface area contributed by atoms with Gasteiger partial charge in [-0.3, -0.25) is 0 Å². The molecule has 2 N–H and O–H groups in total. The summed E-state index contributed by atoms with van der Waals surface area (Å²) in [6.07, 6.45) is -7.15. The van der Waals surface area contributed by atoms with E-state index in [1.165, 1.54) is 6.92 Å². The molecule has 0 spiro atoms. The zero-order valence-electron chi connectivity index (χ0n) is 10.4. The van der Waals surface area contributed by atoms with Crippen molar-refractivity contribution in [1.29, 1.82) is 0 Å². The van der Waals surface area contributed by atoms with Crippen LogP contribution in [0.5, 0.6) is 0 Å². The SMILES string of the molecule is CCOC(=O)C(F)[C@H](N)c1ccc(Cl)cc1C(F)(F)F. The molecule has 1 rings (SSSR count). The van der Waals surface area contributed by atoms with Crippen molar-refractivity contribution in [2.45, 2.75) is 25.3 Å². The number of hydrogen-bond acceptors (Lipinski definition) is 3. The van der Waals surface area contributed by atoms with E-state index in [0.29, 0.717) is 6.07 Å². The Labute approximate surface area is 117 Å². The highest BCUT2D eigenvalue weighted by molar-refractivity contribution is 6.30. The van der Waals surface area contributed by atoms with Crippen molar-refractivity contribution in [3.63, 3.8) is 0 Å². The Balaban J connectivity index is 3.16. The van der Waals surface area contributed by atoms with E-state index in [4.69, 9.17) is 17.3 Å². The lowest BCUT2D eigenvalue weighted by molar-refractivity contribution is -0.150. The topological polar surface area (TPSA) is 52.3 Å². The number of esters is 1. The number of carbonyl (C=O) groups excluding carboxylic acids is 1. The molecule has 20 heavy (non-hydrogen) atoms. The van der Waals surface area contributed by atoms with Gasteiger partial charge in [0.05, 0.1) is 18.2 Å². The third-order valence-electron chi connectivity index (χ3n) is 2.51. The van der Waals surface area contributed by atoms with Gasteiger partial charge in [-0.25, -0.2) is 9.18 Å². The highest BCUT2D eigenvalue weighted by atomic mass is 35.5. The fourth-order valence-corrected chi connectivity index (χ4v) is 1.76. The molecule has 0 aromatic heterocycles. The second-order valence-corrected chi connectivity index (χ2v) is 4.35. The summed E-state index contributed by atoms with van der Waals surface area (Å²) in [7, 11) is 0. The van der Waals surface area contributed by atoms with E-state index in [2.05, 4.69) is 4.74 Å². The smallest absolute Gasteiger partial charge is 0.416 e. The molecular formula is C12H12ClF4NO2. The van der Waals surface area contributed by atoms with Crippen LogP contribution in [0, 0.1) is 0 Å². The molecule has 0 heterocycles. The number of hydrogen-bond donors (Lipinski definition) is 1. The molecule has 2 atom stereocenters. The Hall–Kier alpha value is -1.34. The van der Waals surface area contributed by atoms with Gasteiger partial charge in [0.1, 0.15) is 0 Å². The summed E-state index contributed by atoms with van der Waals surface area (Å²) < 4.78 is 56.7. The molecule has 0 amide bonds. The quantitative estimate of drug-likeness (QED) is 0.685. The van der Waals surface area contributed by atoms with Gasteiger partial charge in [-0.2, -0.15) is 13.2 Å². The van der Waals surface area contributed by atoms with Crippen molar-refractivity contribution in [3.05, 3.63) is 34.3 Å². The van der Waals surface area contributed by atoms with E-state index in [-0.39, 0.29) is 11.6 Å². The molecule has 1 aromatic carbocycles. The molecule has 3 nitrogen and oxygen atoms in total. The average molecular weight is 314 g/mol. The van der Waals surface area contributed by atoms with Gasteiger partial charge in [0.15, 0.2) is 0 Å². The largest absolute Gasteiger partial charge is 0.464 e. The van der Waals surface area contributed by atoms with Crippen LogP contribution >= 0.6 is 11.6 Å². The summed E-state index contributed by atoms with van der Waals surface area (Å²) in [6.45, 7) is 1.35. The molecule has 1 aromatic rings. The second kappa shape index (κ2) is 6.41. The maximum atomic E-state index is 13.7. The van der Waals surface area contributed by atoms with Crippen LogP contribution in [-0.2, 0) is 15.7 Å². The van der Waals surface area contributed by atoms with Crippen molar-refractivity contribution >= 4 is 17.6 Å². The van der Waals surface area contributed by atoms with E-state index in [9.17, 15) is 22.4 Å². The summed E-state index contributed by atoms with van der Waals surface area (Å²) >= 11 is 5.49. The zero-order valence-corrected chi connectivity index (χ0v) is 11.1. The summed E-state index contributed by atoms with van der Waals surface area (Å²) in [5.41, 5.74) is 3.67. The fourth-order valence-electron chi connectivity index (χ4n) is 1.59. The summed E-state index contributed by atoms with van der Waals surface area (Å²) in [5, 5.41) is -0.167. The minimum atomic E-state index is -4.76. The van der Waals surface area contributed by atoms with Crippen molar-refractivity contribution in [2.75, 3.05) is 6.61 Å². The molecule has 8 heteroatoms. The van der Waals surface area contributed by atoms with Gasteiger partial charge in [0.25, 0.3) is 0 Å². The van der Waals surface area contributed by atoms with Gasteiger partial charge in [-0.1, -0.05) is 17.7 Å². The molecule has 0 radical (unpaired) electrons. The molecule has 0 saturated carbocycles. The highest BCUT2D eigenvalue weighted by Crippen LogP contribution is 2.37. The number of benzene rings is 1. The first-order valence-electron chi connectivity index (χ1n) is 5.61. The number of nitrogens with two attached hydrogens (primary N) is 1. The van der Waals surface area contributed by atoms with Crippen LogP contribution in [0.4, 0.5) is 17.6 Å². The predicted molar refractivity (Wildman–Crippen MR) is 64.9 cm³/mol. The van der Waals surface area contributed by atoms with Gasteiger partial charge in [0, 0.05) is 5.02 Å². The molecule has 0 saturated heterocycles. The van der Waals surface area contributed by atoms with Crippen LogP contribution in [0.15, 0.2) is 18.2 Å². The first-order chi connectivity index (χ1) is 9.18. The first-order valence-corrected chi connectivity index (χ1v) is 5.99. The van der Waals surface area contributed by atoms with Crippen LogP contribution in [0.1, 0.15) is 24.1 Å². The fraction of sp³-hybridized carbons (Fsp3) is 0.417. The monoisotopic (exact) mass is 313 g/mol. The molecule has 112 valence electrons. The van der Waals surface area contributed by atoms with Crippen LogP contribution in [-0.4, -0.2) is 18.7 Å². The van der Waals surface area contributed by atoms with E-state index < -0.39 is 35.5 Å². The first kappa shape index (κ1) is 16.7. The van der Waals surface area contributed by atoms with Crippen LogP contribution < -0.4 is 5.73 Å². The second-order valence-electron chi connectivity index (χ2n) is 3.91. The van der Waals surface area contributed by atoms with Gasteiger partial charge in [-0.05, 0) is 24.6 Å². The Morgan fingerprint density at radius 1 is 1.45 bits per heavy atom. The van der Waals surface area contributed by atoms with Gasteiger partial charge in [-0.15, -0.1) is 0 Å². The number of carbonyl (C=O) groups is 1. The minimum Gasteiger partial charge on any atom is -0.464 e. The van der Waals surface area contributed by atoms with Crippen molar-refractivity contribution < 1.29 is 27.1 Å².